The minimum absolute atomic E-state index is 0.0150. The molecule has 3 aromatic rings. The van der Waals surface area contributed by atoms with Crippen molar-refractivity contribution >= 4 is 23.8 Å². The molecule has 1 heterocycles. The van der Waals surface area contributed by atoms with Crippen LogP contribution in [0.2, 0.25) is 0 Å². The van der Waals surface area contributed by atoms with Crippen molar-refractivity contribution < 1.29 is 34.4 Å². The molecule has 0 spiro atoms. The highest BCUT2D eigenvalue weighted by Crippen LogP contribution is 2.39. The van der Waals surface area contributed by atoms with E-state index in [4.69, 9.17) is 15.2 Å². The Labute approximate surface area is 262 Å². The van der Waals surface area contributed by atoms with Gasteiger partial charge in [0.25, 0.3) is 0 Å². The summed E-state index contributed by atoms with van der Waals surface area (Å²) in [7, 11) is 0. The Morgan fingerprint density at radius 3 is 2.49 bits per heavy atom. The number of unbranched alkanes of at least 4 members (excludes halogenated alkanes) is 1. The standard InChI is InChI=1S/C35H42FN3O6/c1-21(2)34-29(13-12-27(41)19-28(42)20-32(43)44)33(23-5-9-25(36)10-6-23)30-18-24-17-26(38-35(45)37-15-3-4-16-40)11-7-22(24)8-14-31(30)39-34/h5-7,9-13,17,21,27-28,40-42H,3-4,8,14-16,18-20H2,1-2H3,(H,43,44)(H2,37,38,45)/t27-,28-/m1/s1. The zero-order valence-electron chi connectivity index (χ0n) is 25.7. The van der Waals surface area contributed by atoms with E-state index in [-0.39, 0.29) is 30.8 Å². The Kier molecular flexibility index (Phi) is 11.8. The van der Waals surface area contributed by atoms with Crippen LogP contribution < -0.4 is 10.6 Å². The molecule has 0 saturated carbocycles. The van der Waals surface area contributed by atoms with Gasteiger partial charge in [-0.05, 0) is 83.7 Å². The molecule has 6 N–H and O–H groups in total. The summed E-state index contributed by atoms with van der Waals surface area (Å²) in [6.45, 7) is 4.60. The molecule has 240 valence electrons. The number of hydrogen-bond acceptors (Lipinski definition) is 6. The summed E-state index contributed by atoms with van der Waals surface area (Å²) in [5.74, 6) is -1.49. The number of anilines is 1. The van der Waals surface area contributed by atoms with Crippen LogP contribution in [0.3, 0.4) is 0 Å². The normalized spacial score (nSPS) is 14.0. The summed E-state index contributed by atoms with van der Waals surface area (Å²) in [4.78, 5) is 28.6. The molecule has 2 atom stereocenters. The third kappa shape index (κ3) is 9.20. The Balaban J connectivity index is 1.75. The molecule has 1 aliphatic carbocycles. The number of aliphatic hydroxyl groups is 3. The lowest BCUT2D eigenvalue weighted by atomic mass is 9.86. The number of urea groups is 1. The highest BCUT2D eigenvalue weighted by molar-refractivity contribution is 5.89. The van der Waals surface area contributed by atoms with Crippen LogP contribution >= 0.6 is 0 Å². The van der Waals surface area contributed by atoms with Gasteiger partial charge in [-0.2, -0.15) is 0 Å². The highest BCUT2D eigenvalue weighted by atomic mass is 19.1. The molecule has 0 aliphatic heterocycles. The minimum Gasteiger partial charge on any atom is -0.481 e. The number of aliphatic hydroxyl groups excluding tert-OH is 3. The molecule has 0 radical (unpaired) electrons. The Bertz CT molecular complexity index is 1520. The van der Waals surface area contributed by atoms with Crippen LogP contribution in [0, 0.1) is 5.82 Å². The van der Waals surface area contributed by atoms with Gasteiger partial charge in [0.15, 0.2) is 0 Å². The van der Waals surface area contributed by atoms with Gasteiger partial charge in [-0.25, -0.2) is 9.18 Å². The summed E-state index contributed by atoms with van der Waals surface area (Å²) >= 11 is 0. The maximum Gasteiger partial charge on any atom is 0.319 e. The molecule has 2 aromatic carbocycles. The Morgan fingerprint density at radius 1 is 1.04 bits per heavy atom. The number of carboxylic acids is 1. The van der Waals surface area contributed by atoms with Crippen LogP contribution in [0.25, 0.3) is 17.2 Å². The lowest BCUT2D eigenvalue weighted by molar-refractivity contribution is -0.139. The van der Waals surface area contributed by atoms with Gasteiger partial charge in [0.05, 0.1) is 24.3 Å². The number of rotatable bonds is 13. The summed E-state index contributed by atoms with van der Waals surface area (Å²) in [6, 6.07) is 11.8. The van der Waals surface area contributed by atoms with Crippen molar-refractivity contribution in [1.82, 2.24) is 10.3 Å². The fourth-order valence-corrected chi connectivity index (χ4v) is 5.68. The zero-order valence-corrected chi connectivity index (χ0v) is 25.7. The van der Waals surface area contributed by atoms with Crippen LogP contribution in [-0.2, 0) is 24.1 Å². The predicted octanol–water partition coefficient (Wildman–Crippen LogP) is 5.19. The average Bonchev–Trinajstić information content (AvgIpc) is 3.16. The van der Waals surface area contributed by atoms with Gasteiger partial charge in [-0.3, -0.25) is 9.78 Å². The topological polar surface area (TPSA) is 152 Å². The maximum atomic E-state index is 14.1. The Hall–Kier alpha value is -4.12. The second kappa shape index (κ2) is 15.7. The fraction of sp³-hybridized carbons (Fsp3) is 0.400. The number of hydrogen-bond donors (Lipinski definition) is 6. The van der Waals surface area contributed by atoms with Crippen LogP contribution in [0.15, 0.2) is 48.5 Å². The van der Waals surface area contributed by atoms with E-state index in [1.807, 2.05) is 32.0 Å². The Morgan fingerprint density at radius 2 is 1.80 bits per heavy atom. The second-order valence-corrected chi connectivity index (χ2v) is 11.8. The molecule has 0 saturated heterocycles. The van der Waals surface area contributed by atoms with E-state index >= 15 is 0 Å². The number of pyridine rings is 1. The molecule has 0 unspecified atom stereocenters. The van der Waals surface area contributed by atoms with E-state index in [1.54, 1.807) is 24.3 Å². The van der Waals surface area contributed by atoms with Crippen LogP contribution in [0.5, 0.6) is 0 Å². The lowest BCUT2D eigenvalue weighted by Gasteiger charge is -2.22. The third-order valence-electron chi connectivity index (χ3n) is 7.87. The van der Waals surface area contributed by atoms with E-state index < -0.39 is 24.6 Å². The second-order valence-electron chi connectivity index (χ2n) is 11.8. The van der Waals surface area contributed by atoms with E-state index in [2.05, 4.69) is 10.6 Å². The zero-order chi connectivity index (χ0) is 32.5. The van der Waals surface area contributed by atoms with Crippen molar-refractivity contribution in [2.24, 2.45) is 0 Å². The minimum atomic E-state index is -1.20. The molecule has 0 fully saturated rings. The maximum absolute atomic E-state index is 14.1. The first-order valence-corrected chi connectivity index (χ1v) is 15.4. The SMILES string of the molecule is CC(C)c1nc2c(c(-c3ccc(F)cc3)c1C=C[C@@H](O)C[C@@H](O)CC(=O)O)Cc1cc(NC(=O)NCCCCO)ccc1CC2. The van der Waals surface area contributed by atoms with Crippen molar-refractivity contribution in [3.63, 3.8) is 0 Å². The van der Waals surface area contributed by atoms with E-state index in [1.165, 1.54) is 12.1 Å². The van der Waals surface area contributed by atoms with Gasteiger partial charge in [0.1, 0.15) is 5.82 Å². The molecule has 45 heavy (non-hydrogen) atoms. The smallest absolute Gasteiger partial charge is 0.319 e. The van der Waals surface area contributed by atoms with Gasteiger partial charge in [-0.15, -0.1) is 0 Å². The van der Waals surface area contributed by atoms with E-state index in [0.29, 0.717) is 37.9 Å². The molecular formula is C35H42FN3O6. The van der Waals surface area contributed by atoms with Crippen LogP contribution in [0.1, 0.15) is 79.1 Å². The number of aromatic nitrogens is 1. The van der Waals surface area contributed by atoms with Gasteiger partial charge < -0.3 is 31.1 Å². The molecular weight excluding hydrogens is 577 g/mol. The van der Waals surface area contributed by atoms with Crippen LogP contribution in [0.4, 0.5) is 14.9 Å². The number of carbonyl (C=O) groups excluding carboxylic acids is 1. The summed E-state index contributed by atoms with van der Waals surface area (Å²) in [5, 5.41) is 44.3. The summed E-state index contributed by atoms with van der Waals surface area (Å²) in [5.41, 5.74) is 7.95. The number of benzene rings is 2. The lowest BCUT2D eigenvalue weighted by Crippen LogP contribution is -2.29. The van der Waals surface area contributed by atoms with E-state index in [0.717, 1.165) is 51.2 Å². The molecule has 2 amide bonds. The number of carbonyl (C=O) groups is 2. The first-order chi connectivity index (χ1) is 21.5. The number of aliphatic carboxylic acids is 1. The van der Waals surface area contributed by atoms with Crippen molar-refractivity contribution in [2.45, 2.75) is 76.9 Å². The third-order valence-corrected chi connectivity index (χ3v) is 7.87. The predicted molar refractivity (Wildman–Crippen MR) is 172 cm³/mol. The van der Waals surface area contributed by atoms with Gasteiger partial charge in [0, 0.05) is 42.9 Å². The number of carboxylic acid groups (broad SMARTS) is 1. The number of fused-ring (bicyclic) bond motifs is 2. The number of halogens is 1. The number of aryl methyl sites for hydroxylation is 2. The van der Waals surface area contributed by atoms with Crippen molar-refractivity contribution in [1.29, 1.82) is 0 Å². The summed E-state index contributed by atoms with van der Waals surface area (Å²) < 4.78 is 14.1. The molecule has 0 bridgehead atoms. The molecule has 4 rings (SSSR count). The quantitative estimate of drug-likeness (QED) is 0.144. The van der Waals surface area contributed by atoms with Crippen LogP contribution in [-0.4, -0.2) is 62.8 Å². The van der Waals surface area contributed by atoms with Crippen molar-refractivity contribution in [3.05, 3.63) is 88.0 Å². The molecule has 1 aromatic heterocycles. The fourth-order valence-electron chi connectivity index (χ4n) is 5.68. The monoisotopic (exact) mass is 619 g/mol. The molecule has 1 aliphatic rings. The average molecular weight is 620 g/mol. The first-order valence-electron chi connectivity index (χ1n) is 15.4. The number of amides is 2. The van der Waals surface area contributed by atoms with Gasteiger partial charge >= 0.3 is 12.0 Å². The number of nitrogens with one attached hydrogen (secondary N) is 2. The molecule has 9 nitrogen and oxygen atoms in total. The van der Waals surface area contributed by atoms with Crippen molar-refractivity contribution in [3.8, 4) is 11.1 Å². The highest BCUT2D eigenvalue weighted by Gasteiger charge is 2.25. The van der Waals surface area contributed by atoms with E-state index in [9.17, 15) is 24.2 Å². The largest absolute Gasteiger partial charge is 0.481 e. The molecule has 10 heteroatoms. The number of nitrogens with zero attached hydrogens (tertiary/aromatic N) is 1. The van der Waals surface area contributed by atoms with Gasteiger partial charge in [0.2, 0.25) is 0 Å². The van der Waals surface area contributed by atoms with Gasteiger partial charge in [-0.1, -0.05) is 44.2 Å². The van der Waals surface area contributed by atoms with Crippen molar-refractivity contribution in [2.75, 3.05) is 18.5 Å². The summed E-state index contributed by atoms with van der Waals surface area (Å²) in [6.07, 6.45) is 3.65. The first kappa shape index (κ1) is 33.8.